The number of rotatable bonds is 6. The van der Waals surface area contributed by atoms with Crippen LogP contribution in [0, 0.1) is 0 Å². The van der Waals surface area contributed by atoms with Crippen molar-refractivity contribution in [3.63, 3.8) is 0 Å². The standard InChI is InChI=1S/C11H22O3/c1-6-10(12)9(2)13-7-8-14-11(3,4)5/h9H,6-8H2,1-5H3. The zero-order valence-corrected chi connectivity index (χ0v) is 9.92. The first kappa shape index (κ1) is 13.6. The maximum atomic E-state index is 11.1. The molecule has 0 rings (SSSR count). The zero-order valence-electron chi connectivity index (χ0n) is 9.92. The van der Waals surface area contributed by atoms with Gasteiger partial charge in [0, 0.05) is 6.42 Å². The van der Waals surface area contributed by atoms with E-state index in [-0.39, 0.29) is 17.5 Å². The van der Waals surface area contributed by atoms with Crippen molar-refractivity contribution in [1.29, 1.82) is 0 Å². The SMILES string of the molecule is CCC(=O)C(C)OCCOC(C)(C)C. The van der Waals surface area contributed by atoms with Gasteiger partial charge in [-0.15, -0.1) is 0 Å². The van der Waals surface area contributed by atoms with Gasteiger partial charge in [-0.1, -0.05) is 6.92 Å². The molecule has 1 atom stereocenters. The molecule has 0 aromatic rings. The monoisotopic (exact) mass is 202 g/mol. The molecule has 0 radical (unpaired) electrons. The van der Waals surface area contributed by atoms with E-state index in [4.69, 9.17) is 9.47 Å². The number of ketones is 1. The second kappa shape index (κ2) is 6.14. The minimum absolute atomic E-state index is 0.138. The van der Waals surface area contributed by atoms with Gasteiger partial charge in [0.2, 0.25) is 0 Å². The fraction of sp³-hybridized carbons (Fsp3) is 0.909. The Morgan fingerprint density at radius 2 is 1.86 bits per heavy atom. The first-order valence-corrected chi connectivity index (χ1v) is 5.15. The molecular formula is C11H22O3. The normalized spacial score (nSPS) is 14.1. The van der Waals surface area contributed by atoms with Crippen LogP contribution in [-0.4, -0.2) is 30.7 Å². The molecule has 0 saturated heterocycles. The first-order chi connectivity index (χ1) is 6.37. The topological polar surface area (TPSA) is 35.5 Å². The third-order valence-electron chi connectivity index (χ3n) is 1.79. The number of hydrogen-bond acceptors (Lipinski definition) is 3. The van der Waals surface area contributed by atoms with Crippen LogP contribution in [0.25, 0.3) is 0 Å². The summed E-state index contributed by atoms with van der Waals surface area (Å²) in [6.45, 7) is 10.6. The van der Waals surface area contributed by atoms with E-state index in [9.17, 15) is 4.79 Å². The van der Waals surface area contributed by atoms with E-state index < -0.39 is 0 Å². The molecule has 0 aromatic carbocycles. The van der Waals surface area contributed by atoms with Crippen LogP contribution in [0.4, 0.5) is 0 Å². The quantitative estimate of drug-likeness (QED) is 0.619. The molecule has 0 spiro atoms. The smallest absolute Gasteiger partial charge is 0.160 e. The summed E-state index contributed by atoms with van der Waals surface area (Å²) < 4.78 is 10.8. The molecule has 0 amide bonds. The lowest BCUT2D eigenvalue weighted by Gasteiger charge is -2.20. The largest absolute Gasteiger partial charge is 0.373 e. The summed E-state index contributed by atoms with van der Waals surface area (Å²) in [6.07, 6.45) is 0.227. The molecule has 0 aliphatic carbocycles. The molecule has 0 aliphatic rings. The summed E-state index contributed by atoms with van der Waals surface area (Å²) in [5.41, 5.74) is -0.138. The van der Waals surface area contributed by atoms with Crippen LogP contribution in [-0.2, 0) is 14.3 Å². The highest BCUT2D eigenvalue weighted by Gasteiger charge is 2.12. The number of Topliss-reactive ketones (excluding diaryl/α,β-unsaturated/α-hetero) is 1. The Bertz CT molecular complexity index is 170. The molecule has 3 heteroatoms. The lowest BCUT2D eigenvalue weighted by molar-refractivity contribution is -0.131. The van der Waals surface area contributed by atoms with Crippen molar-refractivity contribution in [3.8, 4) is 0 Å². The van der Waals surface area contributed by atoms with Crippen molar-refractivity contribution in [2.75, 3.05) is 13.2 Å². The van der Waals surface area contributed by atoms with Crippen LogP contribution in [0.3, 0.4) is 0 Å². The van der Waals surface area contributed by atoms with Gasteiger partial charge in [-0.3, -0.25) is 4.79 Å². The van der Waals surface area contributed by atoms with Crippen molar-refractivity contribution in [2.45, 2.75) is 52.7 Å². The summed E-state index contributed by atoms with van der Waals surface area (Å²) >= 11 is 0. The minimum Gasteiger partial charge on any atom is -0.373 e. The second-order valence-corrected chi connectivity index (χ2v) is 4.29. The molecule has 1 unspecified atom stereocenters. The molecular weight excluding hydrogens is 180 g/mol. The van der Waals surface area contributed by atoms with E-state index in [1.807, 2.05) is 27.7 Å². The maximum Gasteiger partial charge on any atom is 0.160 e. The molecule has 14 heavy (non-hydrogen) atoms. The fourth-order valence-corrected chi connectivity index (χ4v) is 0.953. The summed E-state index contributed by atoms with van der Waals surface area (Å²) in [7, 11) is 0. The van der Waals surface area contributed by atoms with E-state index >= 15 is 0 Å². The van der Waals surface area contributed by atoms with Gasteiger partial charge in [0.15, 0.2) is 5.78 Å². The Labute approximate surface area is 86.8 Å². The van der Waals surface area contributed by atoms with E-state index in [0.717, 1.165) is 0 Å². The van der Waals surface area contributed by atoms with Crippen molar-refractivity contribution in [3.05, 3.63) is 0 Å². The van der Waals surface area contributed by atoms with E-state index in [0.29, 0.717) is 19.6 Å². The van der Waals surface area contributed by atoms with Gasteiger partial charge >= 0.3 is 0 Å². The molecule has 0 bridgehead atoms. The number of ether oxygens (including phenoxy) is 2. The van der Waals surface area contributed by atoms with Gasteiger partial charge in [0.1, 0.15) is 6.10 Å². The summed E-state index contributed by atoms with van der Waals surface area (Å²) in [4.78, 5) is 11.1. The maximum absolute atomic E-state index is 11.1. The molecule has 0 aromatic heterocycles. The van der Waals surface area contributed by atoms with E-state index in [2.05, 4.69) is 0 Å². The average molecular weight is 202 g/mol. The molecule has 0 N–H and O–H groups in total. The Kier molecular flexibility index (Phi) is 5.96. The van der Waals surface area contributed by atoms with E-state index in [1.165, 1.54) is 0 Å². The highest BCUT2D eigenvalue weighted by molar-refractivity contribution is 5.82. The average Bonchev–Trinajstić information content (AvgIpc) is 2.09. The second-order valence-electron chi connectivity index (χ2n) is 4.29. The first-order valence-electron chi connectivity index (χ1n) is 5.15. The van der Waals surface area contributed by atoms with Gasteiger partial charge < -0.3 is 9.47 Å². The lowest BCUT2D eigenvalue weighted by Crippen LogP contribution is -2.25. The third-order valence-corrected chi connectivity index (χ3v) is 1.79. The van der Waals surface area contributed by atoms with Crippen LogP contribution < -0.4 is 0 Å². The Morgan fingerprint density at radius 3 is 2.29 bits per heavy atom. The highest BCUT2D eigenvalue weighted by atomic mass is 16.5. The van der Waals surface area contributed by atoms with Crippen molar-refractivity contribution in [1.82, 2.24) is 0 Å². The Morgan fingerprint density at radius 1 is 1.29 bits per heavy atom. The predicted octanol–water partition coefficient (Wildman–Crippen LogP) is 2.19. The van der Waals surface area contributed by atoms with Crippen LogP contribution >= 0.6 is 0 Å². The fourth-order valence-electron chi connectivity index (χ4n) is 0.953. The summed E-state index contributed by atoms with van der Waals surface area (Å²) in [6, 6.07) is 0. The van der Waals surface area contributed by atoms with Crippen molar-refractivity contribution < 1.29 is 14.3 Å². The van der Waals surface area contributed by atoms with Crippen molar-refractivity contribution in [2.24, 2.45) is 0 Å². The van der Waals surface area contributed by atoms with Gasteiger partial charge in [-0.25, -0.2) is 0 Å². The number of carbonyl (C=O) groups is 1. The van der Waals surface area contributed by atoms with Crippen LogP contribution in [0.15, 0.2) is 0 Å². The number of hydrogen-bond donors (Lipinski definition) is 0. The van der Waals surface area contributed by atoms with Gasteiger partial charge in [0.05, 0.1) is 18.8 Å². The third kappa shape index (κ3) is 7.04. The Hall–Kier alpha value is -0.410. The molecule has 3 nitrogen and oxygen atoms in total. The molecule has 0 saturated carbocycles. The molecule has 0 fully saturated rings. The highest BCUT2D eigenvalue weighted by Crippen LogP contribution is 2.06. The summed E-state index contributed by atoms with van der Waals surface area (Å²) in [5.74, 6) is 0.140. The molecule has 0 heterocycles. The van der Waals surface area contributed by atoms with Crippen LogP contribution in [0.2, 0.25) is 0 Å². The summed E-state index contributed by atoms with van der Waals surface area (Å²) in [5, 5.41) is 0. The van der Waals surface area contributed by atoms with E-state index in [1.54, 1.807) is 6.92 Å². The molecule has 0 aliphatic heterocycles. The van der Waals surface area contributed by atoms with Crippen molar-refractivity contribution >= 4 is 5.78 Å². The lowest BCUT2D eigenvalue weighted by atomic mass is 10.2. The van der Waals surface area contributed by atoms with Gasteiger partial charge in [-0.05, 0) is 27.7 Å². The minimum atomic E-state index is -0.302. The zero-order chi connectivity index (χ0) is 11.2. The van der Waals surface area contributed by atoms with Gasteiger partial charge in [0.25, 0.3) is 0 Å². The number of carbonyl (C=O) groups excluding carboxylic acids is 1. The van der Waals surface area contributed by atoms with Gasteiger partial charge in [-0.2, -0.15) is 0 Å². The predicted molar refractivity (Wildman–Crippen MR) is 56.4 cm³/mol. The molecule has 84 valence electrons. The van der Waals surface area contributed by atoms with Crippen LogP contribution in [0.1, 0.15) is 41.0 Å². The van der Waals surface area contributed by atoms with Crippen LogP contribution in [0.5, 0.6) is 0 Å². The Balaban J connectivity index is 3.50.